The molecule has 4 aliphatic heterocycles. The monoisotopic (exact) mass is 351 g/mol. The van der Waals surface area contributed by atoms with Gasteiger partial charge in [0.2, 0.25) is 0 Å². The minimum absolute atomic E-state index is 0.199. The Morgan fingerprint density at radius 1 is 0.840 bits per heavy atom. The normalized spacial score (nSPS) is 33.1. The molecular weight excluding hydrogens is 322 g/mol. The fraction of sp³-hybridized carbons (Fsp3) is 0.889. The van der Waals surface area contributed by atoms with Gasteiger partial charge in [-0.3, -0.25) is 5.21 Å². The summed E-state index contributed by atoms with van der Waals surface area (Å²) in [6, 6.07) is 0. The van der Waals surface area contributed by atoms with Crippen LogP contribution < -0.4 is 0 Å². The van der Waals surface area contributed by atoms with Gasteiger partial charge in [-0.25, -0.2) is 15.0 Å². The van der Waals surface area contributed by atoms with E-state index in [0.29, 0.717) is 18.3 Å². The topological polar surface area (TPSA) is 85.8 Å². The third-order valence-corrected chi connectivity index (χ3v) is 5.15. The number of hydrogen-bond donors (Lipinski definition) is 1. The predicted octanol–water partition coefficient (Wildman–Crippen LogP) is 2.52. The molecule has 4 rings (SSSR count). The van der Waals surface area contributed by atoms with Crippen molar-refractivity contribution < 1.29 is 19.4 Å². The molecule has 0 bridgehead atoms. The van der Waals surface area contributed by atoms with E-state index in [4.69, 9.17) is 19.2 Å². The lowest BCUT2D eigenvalue weighted by atomic mass is 10.1. The van der Waals surface area contributed by atoms with Crippen molar-refractivity contribution in [2.24, 2.45) is 9.98 Å². The van der Waals surface area contributed by atoms with E-state index in [1.165, 1.54) is 5.06 Å². The smallest absolute Gasteiger partial charge is 0.149 e. The van der Waals surface area contributed by atoms with Crippen molar-refractivity contribution in [2.45, 2.75) is 82.3 Å². The molecule has 0 aromatic carbocycles. The molecule has 4 atom stereocenters. The fourth-order valence-electron chi connectivity index (χ4n) is 3.31. The second kappa shape index (κ2) is 8.12. The Balaban J connectivity index is 1.30. The number of hydrogen-bond acceptors (Lipinski definition) is 7. The molecule has 25 heavy (non-hydrogen) atoms. The fourth-order valence-corrected chi connectivity index (χ4v) is 3.31. The molecule has 4 unspecified atom stereocenters. The van der Waals surface area contributed by atoms with Crippen LogP contribution in [0.1, 0.15) is 57.8 Å². The highest BCUT2D eigenvalue weighted by Crippen LogP contribution is 2.24. The Labute approximate surface area is 149 Å². The van der Waals surface area contributed by atoms with E-state index in [1.54, 1.807) is 0 Å². The van der Waals surface area contributed by atoms with E-state index in [1.807, 2.05) is 0 Å². The van der Waals surface area contributed by atoms with Gasteiger partial charge in [0, 0.05) is 12.8 Å². The predicted molar refractivity (Wildman–Crippen MR) is 93.1 cm³/mol. The first-order chi connectivity index (χ1) is 12.3. The minimum atomic E-state index is -0.199. The van der Waals surface area contributed by atoms with Gasteiger partial charge in [-0.2, -0.15) is 0 Å². The zero-order valence-electron chi connectivity index (χ0n) is 14.8. The van der Waals surface area contributed by atoms with Gasteiger partial charge in [-0.05, 0) is 44.9 Å². The second-order valence-electron chi connectivity index (χ2n) is 7.48. The van der Waals surface area contributed by atoms with Crippen molar-refractivity contribution in [2.75, 3.05) is 19.8 Å². The molecule has 0 saturated carbocycles. The summed E-state index contributed by atoms with van der Waals surface area (Å²) in [5.41, 5.74) is 0. The van der Waals surface area contributed by atoms with Gasteiger partial charge in [0.05, 0.1) is 38.1 Å². The van der Waals surface area contributed by atoms with Crippen molar-refractivity contribution in [3.8, 4) is 0 Å². The molecule has 4 heterocycles. The van der Waals surface area contributed by atoms with Crippen LogP contribution >= 0.6 is 0 Å². The summed E-state index contributed by atoms with van der Waals surface area (Å²) < 4.78 is 15.8. The maximum atomic E-state index is 10.5. The summed E-state index contributed by atoms with van der Waals surface area (Å²) in [5.74, 6) is 1.65. The highest BCUT2D eigenvalue weighted by atomic mass is 16.6. The van der Waals surface area contributed by atoms with E-state index < -0.39 is 0 Å². The summed E-state index contributed by atoms with van der Waals surface area (Å²) in [4.78, 5) is 9.34. The number of epoxide rings is 3. The lowest BCUT2D eigenvalue weighted by molar-refractivity contribution is -0.0579. The average molecular weight is 351 g/mol. The van der Waals surface area contributed by atoms with Gasteiger partial charge in [0.1, 0.15) is 17.8 Å². The van der Waals surface area contributed by atoms with Gasteiger partial charge in [-0.1, -0.05) is 0 Å². The quantitative estimate of drug-likeness (QED) is 0.546. The summed E-state index contributed by atoms with van der Waals surface area (Å²) in [6.07, 6.45) is 9.84. The van der Waals surface area contributed by atoms with E-state index in [-0.39, 0.29) is 6.17 Å². The van der Waals surface area contributed by atoms with Crippen LogP contribution in [0.15, 0.2) is 9.98 Å². The Morgan fingerprint density at radius 2 is 1.40 bits per heavy atom. The zero-order valence-corrected chi connectivity index (χ0v) is 14.8. The van der Waals surface area contributed by atoms with Crippen molar-refractivity contribution in [3.63, 3.8) is 0 Å². The first-order valence-electron chi connectivity index (χ1n) is 9.75. The molecule has 7 heteroatoms. The van der Waals surface area contributed by atoms with Crippen LogP contribution in [0.5, 0.6) is 0 Å². The molecule has 7 nitrogen and oxygen atoms in total. The molecule has 0 aliphatic carbocycles. The molecule has 140 valence electrons. The number of rotatable bonds is 12. The summed E-state index contributed by atoms with van der Waals surface area (Å²) in [7, 11) is 0. The Kier molecular flexibility index (Phi) is 5.65. The van der Waals surface area contributed by atoms with Crippen LogP contribution in [-0.2, 0) is 14.2 Å². The Morgan fingerprint density at radius 3 is 2.00 bits per heavy atom. The SMILES string of the molecule is ON1C(CCCC2CO2)=NC(CCCC2CO2)=NC1CCCC1CO1. The van der Waals surface area contributed by atoms with Crippen LogP contribution in [0.4, 0.5) is 0 Å². The van der Waals surface area contributed by atoms with Gasteiger partial charge >= 0.3 is 0 Å². The number of ether oxygens (including phenoxy) is 3. The average Bonchev–Trinajstić information content (AvgIpc) is 3.45. The summed E-state index contributed by atoms with van der Waals surface area (Å²) in [5, 5.41) is 11.8. The van der Waals surface area contributed by atoms with Crippen LogP contribution in [0.3, 0.4) is 0 Å². The first kappa shape index (κ1) is 17.4. The van der Waals surface area contributed by atoms with Crippen molar-refractivity contribution in [1.82, 2.24) is 5.06 Å². The van der Waals surface area contributed by atoms with Crippen molar-refractivity contribution >= 4 is 11.7 Å². The highest BCUT2D eigenvalue weighted by Gasteiger charge is 2.29. The van der Waals surface area contributed by atoms with Crippen LogP contribution in [0, 0.1) is 0 Å². The van der Waals surface area contributed by atoms with E-state index in [2.05, 4.69) is 4.99 Å². The van der Waals surface area contributed by atoms with Crippen LogP contribution in [0.25, 0.3) is 0 Å². The molecule has 3 fully saturated rings. The Hall–Kier alpha value is -1.02. The molecule has 4 aliphatic rings. The van der Waals surface area contributed by atoms with Crippen LogP contribution in [0.2, 0.25) is 0 Å². The second-order valence-corrected chi connectivity index (χ2v) is 7.48. The number of hydroxylamine groups is 2. The lowest BCUT2D eigenvalue weighted by Gasteiger charge is -2.30. The maximum absolute atomic E-state index is 10.5. The van der Waals surface area contributed by atoms with Gasteiger partial charge in [-0.15, -0.1) is 0 Å². The van der Waals surface area contributed by atoms with Gasteiger partial charge in [0.15, 0.2) is 0 Å². The molecule has 0 spiro atoms. The number of aliphatic imine (C=N–C) groups is 2. The molecular formula is C18H29N3O4. The standard InChI is InChI=1S/C18H29N3O4/c22-21-17(8-2-5-14-11-24-14)19-16(7-1-4-13-10-23-13)20-18(21)9-3-6-15-12-25-15/h13-15,17,22H,1-12H2. The van der Waals surface area contributed by atoms with E-state index >= 15 is 0 Å². The lowest BCUT2D eigenvalue weighted by Crippen LogP contribution is -2.40. The zero-order chi connectivity index (χ0) is 17.1. The van der Waals surface area contributed by atoms with Gasteiger partial charge < -0.3 is 14.2 Å². The van der Waals surface area contributed by atoms with E-state index in [9.17, 15) is 5.21 Å². The summed E-state index contributed by atoms with van der Waals surface area (Å²) in [6.45, 7) is 2.68. The van der Waals surface area contributed by atoms with Crippen LogP contribution in [-0.4, -0.2) is 66.2 Å². The number of nitrogens with zero attached hydrogens (tertiary/aromatic N) is 3. The molecule has 1 N–H and O–H groups in total. The largest absolute Gasteiger partial charge is 0.373 e. The number of amidine groups is 2. The maximum Gasteiger partial charge on any atom is 0.149 e. The summed E-state index contributed by atoms with van der Waals surface area (Å²) >= 11 is 0. The third kappa shape index (κ3) is 5.74. The minimum Gasteiger partial charge on any atom is -0.373 e. The van der Waals surface area contributed by atoms with Gasteiger partial charge in [0.25, 0.3) is 0 Å². The molecule has 3 saturated heterocycles. The van der Waals surface area contributed by atoms with E-state index in [0.717, 1.165) is 89.3 Å². The Bertz CT molecular complexity index is 512. The first-order valence-corrected chi connectivity index (χ1v) is 9.75. The molecule has 0 aromatic heterocycles. The highest BCUT2D eigenvalue weighted by molar-refractivity contribution is 5.98. The third-order valence-electron chi connectivity index (χ3n) is 5.15. The van der Waals surface area contributed by atoms with Crippen molar-refractivity contribution in [1.29, 1.82) is 0 Å². The molecule has 0 radical (unpaired) electrons. The molecule has 0 aromatic rings. The van der Waals surface area contributed by atoms with Crippen molar-refractivity contribution in [3.05, 3.63) is 0 Å². The molecule has 0 amide bonds.